The van der Waals surface area contributed by atoms with Crippen LogP contribution in [0.5, 0.6) is 5.75 Å². The quantitative estimate of drug-likeness (QED) is 0.910. The van der Waals surface area contributed by atoms with Crippen LogP contribution in [0.25, 0.3) is 0 Å². The molecule has 0 saturated carbocycles. The fraction of sp³-hybridized carbons (Fsp3) is 0.312. The van der Waals surface area contributed by atoms with E-state index in [9.17, 15) is 0 Å². The minimum Gasteiger partial charge on any atom is -0.496 e. The molecule has 3 nitrogen and oxygen atoms in total. The summed E-state index contributed by atoms with van der Waals surface area (Å²) in [5, 5.41) is 4.16. The van der Waals surface area contributed by atoms with Crippen LogP contribution in [-0.2, 0) is 0 Å². The molecule has 0 spiro atoms. The number of hydrogen-bond donors (Lipinski definition) is 1. The van der Waals surface area contributed by atoms with Crippen molar-refractivity contribution in [3.63, 3.8) is 0 Å². The Bertz CT molecular complexity index is 586. The van der Waals surface area contributed by atoms with Gasteiger partial charge in [0, 0.05) is 23.0 Å². The number of methoxy groups -OCH3 is 1. The van der Waals surface area contributed by atoms with Crippen LogP contribution in [0.3, 0.4) is 0 Å². The van der Waals surface area contributed by atoms with Crippen LogP contribution in [-0.4, -0.2) is 18.6 Å². The number of aromatic nitrogens is 1. The Balaban J connectivity index is 2.50. The Morgan fingerprint density at radius 2 is 2.10 bits per heavy atom. The normalized spacial score (nSPS) is 12.2. The zero-order valence-electron chi connectivity index (χ0n) is 12.0. The lowest BCUT2D eigenvalue weighted by atomic mass is 9.98. The molecule has 1 aromatic carbocycles. The number of nitrogens with zero attached hydrogens (tertiary/aromatic N) is 1. The van der Waals surface area contributed by atoms with Crippen molar-refractivity contribution in [1.82, 2.24) is 10.3 Å². The highest BCUT2D eigenvalue weighted by Gasteiger charge is 2.18. The van der Waals surface area contributed by atoms with Crippen molar-refractivity contribution < 1.29 is 4.74 Å². The number of pyridine rings is 1. The van der Waals surface area contributed by atoms with Gasteiger partial charge in [0.2, 0.25) is 0 Å². The number of ether oxygens (including phenoxy) is 1. The second-order valence-electron chi connectivity index (χ2n) is 4.67. The Hall–Kier alpha value is -1.58. The standard InChI is InChI=1S/C16H19ClN2O/c1-4-19-16(12-7-11(2)9-18-10-12)14-8-13(17)5-6-15(14)20-3/h5-10,16,19H,4H2,1-3H3. The van der Waals surface area contributed by atoms with Crippen molar-refractivity contribution >= 4 is 11.6 Å². The Morgan fingerprint density at radius 3 is 2.75 bits per heavy atom. The molecule has 1 unspecified atom stereocenters. The maximum Gasteiger partial charge on any atom is 0.124 e. The second kappa shape index (κ2) is 6.73. The lowest BCUT2D eigenvalue weighted by molar-refractivity contribution is 0.404. The summed E-state index contributed by atoms with van der Waals surface area (Å²) in [6.45, 7) is 4.95. The first-order valence-corrected chi connectivity index (χ1v) is 7.02. The third-order valence-electron chi connectivity index (χ3n) is 3.14. The lowest BCUT2D eigenvalue weighted by Crippen LogP contribution is -2.22. The molecule has 0 aliphatic heterocycles. The zero-order valence-corrected chi connectivity index (χ0v) is 12.7. The molecule has 2 aromatic rings. The summed E-state index contributed by atoms with van der Waals surface area (Å²) >= 11 is 6.14. The lowest BCUT2D eigenvalue weighted by Gasteiger charge is -2.21. The molecular formula is C16H19ClN2O. The molecule has 1 aromatic heterocycles. The van der Waals surface area contributed by atoms with Crippen LogP contribution in [0.2, 0.25) is 5.02 Å². The highest BCUT2D eigenvalue weighted by atomic mass is 35.5. The summed E-state index contributed by atoms with van der Waals surface area (Å²) in [6, 6.07) is 7.81. The number of nitrogens with one attached hydrogen (secondary N) is 1. The van der Waals surface area contributed by atoms with Crippen LogP contribution in [0.1, 0.15) is 29.7 Å². The van der Waals surface area contributed by atoms with Gasteiger partial charge in [-0.1, -0.05) is 24.6 Å². The van der Waals surface area contributed by atoms with Crippen molar-refractivity contribution in [1.29, 1.82) is 0 Å². The number of aryl methyl sites for hydroxylation is 1. The van der Waals surface area contributed by atoms with E-state index in [1.807, 2.05) is 37.5 Å². The van der Waals surface area contributed by atoms with E-state index in [1.54, 1.807) is 7.11 Å². The van der Waals surface area contributed by atoms with E-state index in [-0.39, 0.29) is 6.04 Å². The third-order valence-corrected chi connectivity index (χ3v) is 3.38. The number of halogens is 1. The Morgan fingerprint density at radius 1 is 1.30 bits per heavy atom. The molecule has 106 valence electrons. The van der Waals surface area contributed by atoms with E-state index in [2.05, 4.69) is 23.3 Å². The molecule has 1 atom stereocenters. The first-order valence-electron chi connectivity index (χ1n) is 6.64. The first-order chi connectivity index (χ1) is 9.65. The smallest absolute Gasteiger partial charge is 0.124 e. The third kappa shape index (κ3) is 3.30. The van der Waals surface area contributed by atoms with Crippen LogP contribution < -0.4 is 10.1 Å². The van der Waals surface area contributed by atoms with Crippen LogP contribution >= 0.6 is 11.6 Å². The van der Waals surface area contributed by atoms with Gasteiger partial charge < -0.3 is 10.1 Å². The van der Waals surface area contributed by atoms with E-state index >= 15 is 0 Å². The van der Waals surface area contributed by atoms with Crippen molar-refractivity contribution in [3.05, 3.63) is 58.4 Å². The van der Waals surface area contributed by atoms with Crippen molar-refractivity contribution in [2.24, 2.45) is 0 Å². The van der Waals surface area contributed by atoms with Crippen molar-refractivity contribution in [3.8, 4) is 5.75 Å². The summed E-state index contributed by atoms with van der Waals surface area (Å²) in [5.74, 6) is 0.821. The highest BCUT2D eigenvalue weighted by Crippen LogP contribution is 2.32. The van der Waals surface area contributed by atoms with Gasteiger partial charge in [-0.15, -0.1) is 0 Å². The van der Waals surface area contributed by atoms with E-state index in [4.69, 9.17) is 16.3 Å². The van der Waals surface area contributed by atoms with E-state index in [0.717, 1.165) is 29.0 Å². The predicted octanol–water partition coefficient (Wildman–Crippen LogP) is 3.75. The van der Waals surface area contributed by atoms with Gasteiger partial charge >= 0.3 is 0 Å². The van der Waals surface area contributed by atoms with Gasteiger partial charge in [0.15, 0.2) is 0 Å². The summed E-state index contributed by atoms with van der Waals surface area (Å²) < 4.78 is 5.46. The molecule has 0 saturated heterocycles. The largest absolute Gasteiger partial charge is 0.496 e. The fourth-order valence-electron chi connectivity index (χ4n) is 2.28. The van der Waals surface area contributed by atoms with Gasteiger partial charge in [0.25, 0.3) is 0 Å². The molecule has 0 bridgehead atoms. The van der Waals surface area contributed by atoms with Crippen molar-refractivity contribution in [2.45, 2.75) is 19.9 Å². The maximum atomic E-state index is 6.14. The van der Waals surface area contributed by atoms with Gasteiger partial charge in [-0.05, 0) is 42.8 Å². The van der Waals surface area contributed by atoms with Gasteiger partial charge in [-0.2, -0.15) is 0 Å². The molecule has 0 radical (unpaired) electrons. The molecule has 0 amide bonds. The number of rotatable bonds is 5. The Kier molecular flexibility index (Phi) is 4.99. The molecule has 1 heterocycles. The molecule has 20 heavy (non-hydrogen) atoms. The zero-order chi connectivity index (χ0) is 14.5. The van der Waals surface area contributed by atoms with Gasteiger partial charge in [0.05, 0.1) is 13.2 Å². The highest BCUT2D eigenvalue weighted by molar-refractivity contribution is 6.30. The molecular weight excluding hydrogens is 272 g/mol. The average Bonchev–Trinajstić information content (AvgIpc) is 2.44. The molecule has 0 fully saturated rings. The summed E-state index contributed by atoms with van der Waals surface area (Å²) in [5.41, 5.74) is 3.26. The summed E-state index contributed by atoms with van der Waals surface area (Å²) in [6.07, 6.45) is 3.72. The fourth-order valence-corrected chi connectivity index (χ4v) is 2.46. The van der Waals surface area contributed by atoms with E-state index in [0.29, 0.717) is 5.02 Å². The van der Waals surface area contributed by atoms with Gasteiger partial charge in [0.1, 0.15) is 5.75 Å². The average molecular weight is 291 g/mol. The Labute approximate surface area is 124 Å². The summed E-state index contributed by atoms with van der Waals surface area (Å²) in [7, 11) is 1.67. The van der Waals surface area contributed by atoms with E-state index in [1.165, 1.54) is 0 Å². The van der Waals surface area contributed by atoms with E-state index < -0.39 is 0 Å². The maximum absolute atomic E-state index is 6.14. The van der Waals surface area contributed by atoms with Crippen molar-refractivity contribution in [2.75, 3.05) is 13.7 Å². The monoisotopic (exact) mass is 290 g/mol. The molecule has 4 heteroatoms. The molecule has 0 aliphatic rings. The predicted molar refractivity (Wildman–Crippen MR) is 82.5 cm³/mol. The van der Waals surface area contributed by atoms with Gasteiger partial charge in [-0.25, -0.2) is 0 Å². The minimum absolute atomic E-state index is 0.0149. The molecule has 2 rings (SSSR count). The second-order valence-corrected chi connectivity index (χ2v) is 5.11. The minimum atomic E-state index is 0.0149. The SMILES string of the molecule is CCNC(c1cncc(C)c1)c1cc(Cl)ccc1OC. The topological polar surface area (TPSA) is 34.2 Å². The molecule has 1 N–H and O–H groups in total. The van der Waals surface area contributed by atoms with Crippen LogP contribution in [0.4, 0.5) is 0 Å². The number of hydrogen-bond acceptors (Lipinski definition) is 3. The molecule has 0 aliphatic carbocycles. The first kappa shape index (κ1) is 14.8. The number of benzene rings is 1. The van der Waals surface area contributed by atoms with Crippen LogP contribution in [0.15, 0.2) is 36.7 Å². The van der Waals surface area contributed by atoms with Gasteiger partial charge in [-0.3, -0.25) is 4.98 Å². The van der Waals surface area contributed by atoms with Crippen LogP contribution in [0, 0.1) is 6.92 Å². The summed E-state index contributed by atoms with van der Waals surface area (Å²) in [4.78, 5) is 4.28.